The Hall–Kier alpha value is -2.57. The highest BCUT2D eigenvalue weighted by atomic mass is 15.3. The summed E-state index contributed by atoms with van der Waals surface area (Å²) in [6.07, 6.45) is 2.18. The van der Waals surface area contributed by atoms with Crippen molar-refractivity contribution < 1.29 is 0 Å². The molecule has 3 rings (SSSR count). The number of anilines is 1. The number of rotatable bonds is 4. The first kappa shape index (κ1) is 21.1. The van der Waals surface area contributed by atoms with Gasteiger partial charge in [0.2, 0.25) is 0 Å². The molecule has 0 spiro atoms. The minimum atomic E-state index is 0.196. The second-order valence-electron chi connectivity index (χ2n) is 8.85. The summed E-state index contributed by atoms with van der Waals surface area (Å²) < 4.78 is 1.99. The van der Waals surface area contributed by atoms with Crippen molar-refractivity contribution in [3.8, 4) is 0 Å². The molecule has 1 aliphatic heterocycles. The minimum absolute atomic E-state index is 0.196. The molecule has 0 amide bonds. The molecule has 1 saturated heterocycles. The minimum Gasteiger partial charge on any atom is -0.371 e. The van der Waals surface area contributed by atoms with Crippen molar-refractivity contribution in [2.75, 3.05) is 25.0 Å². The molecule has 1 aliphatic rings. The molecule has 2 heterocycles. The van der Waals surface area contributed by atoms with E-state index >= 15 is 0 Å². The standard InChI is InChI=1S/C22H35N7/c1-16-26-27-20(28(16)6)15-24-21(23-5)25-18-11-13-29(14-12-18)19-9-7-17(8-10-19)22(2,3)4/h7-10,18H,11-15H2,1-6H3,(H2,23,24,25). The van der Waals surface area contributed by atoms with Crippen LogP contribution >= 0.6 is 0 Å². The molecule has 0 bridgehead atoms. The van der Waals surface area contributed by atoms with Gasteiger partial charge in [-0.05, 0) is 42.9 Å². The summed E-state index contributed by atoms with van der Waals surface area (Å²) in [6, 6.07) is 9.47. The number of aliphatic imine (C=N–C) groups is 1. The van der Waals surface area contributed by atoms with Crippen molar-refractivity contribution in [3.63, 3.8) is 0 Å². The van der Waals surface area contributed by atoms with Crippen LogP contribution in [0.25, 0.3) is 0 Å². The van der Waals surface area contributed by atoms with Crippen LogP contribution in [0.1, 0.15) is 50.8 Å². The molecule has 158 valence electrons. The highest BCUT2D eigenvalue weighted by Gasteiger charge is 2.21. The summed E-state index contributed by atoms with van der Waals surface area (Å²) in [6.45, 7) is 11.4. The summed E-state index contributed by atoms with van der Waals surface area (Å²) in [7, 11) is 3.79. The molecule has 0 aliphatic carbocycles. The van der Waals surface area contributed by atoms with Crippen molar-refractivity contribution in [1.82, 2.24) is 25.4 Å². The van der Waals surface area contributed by atoms with Gasteiger partial charge < -0.3 is 20.1 Å². The molecule has 7 heteroatoms. The summed E-state index contributed by atoms with van der Waals surface area (Å²) >= 11 is 0. The fraction of sp³-hybridized carbons (Fsp3) is 0.591. The van der Waals surface area contributed by atoms with E-state index in [1.165, 1.54) is 11.3 Å². The Balaban J connectivity index is 1.49. The molecule has 0 unspecified atom stereocenters. The number of hydrogen-bond donors (Lipinski definition) is 2. The molecule has 1 aromatic carbocycles. The van der Waals surface area contributed by atoms with Crippen LogP contribution in [-0.4, -0.2) is 46.9 Å². The fourth-order valence-corrected chi connectivity index (χ4v) is 3.61. The zero-order valence-corrected chi connectivity index (χ0v) is 18.7. The number of nitrogens with one attached hydrogen (secondary N) is 2. The van der Waals surface area contributed by atoms with E-state index in [9.17, 15) is 0 Å². The van der Waals surface area contributed by atoms with Crippen LogP contribution in [0.3, 0.4) is 0 Å². The number of aryl methyl sites for hydroxylation is 1. The maximum atomic E-state index is 4.37. The van der Waals surface area contributed by atoms with E-state index in [0.29, 0.717) is 12.6 Å². The lowest BCUT2D eigenvalue weighted by Crippen LogP contribution is -2.48. The molecular formula is C22H35N7. The molecule has 0 saturated carbocycles. The molecule has 2 N–H and O–H groups in total. The summed E-state index contributed by atoms with van der Waals surface area (Å²) in [4.78, 5) is 6.84. The van der Waals surface area contributed by atoms with Crippen LogP contribution in [0, 0.1) is 6.92 Å². The molecule has 7 nitrogen and oxygen atoms in total. The van der Waals surface area contributed by atoms with Gasteiger partial charge in [-0.2, -0.15) is 0 Å². The van der Waals surface area contributed by atoms with E-state index in [1.54, 1.807) is 0 Å². The number of hydrogen-bond acceptors (Lipinski definition) is 4. The Bertz CT molecular complexity index is 822. The van der Waals surface area contributed by atoms with Crippen LogP contribution in [0.4, 0.5) is 5.69 Å². The van der Waals surface area contributed by atoms with E-state index in [4.69, 9.17) is 0 Å². The lowest BCUT2D eigenvalue weighted by molar-refractivity contribution is 0.461. The van der Waals surface area contributed by atoms with E-state index in [2.05, 4.69) is 75.8 Å². The third kappa shape index (κ3) is 5.28. The lowest BCUT2D eigenvalue weighted by atomic mass is 9.87. The van der Waals surface area contributed by atoms with Crippen LogP contribution in [-0.2, 0) is 19.0 Å². The van der Waals surface area contributed by atoms with E-state index in [0.717, 1.165) is 43.5 Å². The van der Waals surface area contributed by atoms with Gasteiger partial charge >= 0.3 is 0 Å². The highest BCUT2D eigenvalue weighted by molar-refractivity contribution is 5.79. The molecule has 2 aromatic rings. The fourth-order valence-electron chi connectivity index (χ4n) is 3.61. The van der Waals surface area contributed by atoms with Gasteiger partial charge in [0.25, 0.3) is 0 Å². The Morgan fingerprint density at radius 2 is 1.79 bits per heavy atom. The maximum absolute atomic E-state index is 4.37. The van der Waals surface area contributed by atoms with E-state index < -0.39 is 0 Å². The van der Waals surface area contributed by atoms with Gasteiger partial charge in [-0.15, -0.1) is 10.2 Å². The van der Waals surface area contributed by atoms with Crippen molar-refractivity contribution >= 4 is 11.6 Å². The van der Waals surface area contributed by atoms with Gasteiger partial charge in [0.1, 0.15) is 5.82 Å². The molecule has 29 heavy (non-hydrogen) atoms. The average molecular weight is 398 g/mol. The van der Waals surface area contributed by atoms with E-state index in [1.807, 2.05) is 25.6 Å². The van der Waals surface area contributed by atoms with Gasteiger partial charge in [-0.3, -0.25) is 4.99 Å². The molecule has 0 radical (unpaired) electrons. The number of guanidine groups is 1. The smallest absolute Gasteiger partial charge is 0.191 e. The summed E-state index contributed by atoms with van der Waals surface area (Å²) in [5.41, 5.74) is 2.89. The van der Waals surface area contributed by atoms with Crippen LogP contribution in [0.5, 0.6) is 0 Å². The molecule has 0 atom stereocenters. The SMILES string of the molecule is CN=C(NCc1nnc(C)n1C)NC1CCN(c2ccc(C(C)(C)C)cc2)CC1. The highest BCUT2D eigenvalue weighted by Crippen LogP contribution is 2.26. The van der Waals surface area contributed by atoms with Crippen molar-refractivity contribution in [3.05, 3.63) is 41.5 Å². The normalized spacial score (nSPS) is 16.2. The average Bonchev–Trinajstić information content (AvgIpc) is 3.03. The lowest BCUT2D eigenvalue weighted by Gasteiger charge is -2.35. The van der Waals surface area contributed by atoms with Gasteiger partial charge in [-0.25, -0.2) is 0 Å². The van der Waals surface area contributed by atoms with Crippen molar-refractivity contribution in [1.29, 1.82) is 0 Å². The predicted octanol–water partition coefficient (Wildman–Crippen LogP) is 2.76. The van der Waals surface area contributed by atoms with Crippen molar-refractivity contribution in [2.45, 2.75) is 58.5 Å². The first-order valence-corrected chi connectivity index (χ1v) is 10.5. The third-order valence-corrected chi connectivity index (χ3v) is 5.75. The quantitative estimate of drug-likeness (QED) is 0.613. The number of benzene rings is 1. The Labute approximate surface area is 174 Å². The zero-order chi connectivity index (χ0) is 21.0. The van der Waals surface area contributed by atoms with Gasteiger partial charge in [0.05, 0.1) is 6.54 Å². The largest absolute Gasteiger partial charge is 0.371 e. The van der Waals surface area contributed by atoms with Gasteiger partial charge in [0.15, 0.2) is 11.8 Å². The third-order valence-electron chi connectivity index (χ3n) is 5.75. The van der Waals surface area contributed by atoms with Crippen molar-refractivity contribution in [2.24, 2.45) is 12.0 Å². The number of nitrogens with zero attached hydrogens (tertiary/aromatic N) is 5. The topological polar surface area (TPSA) is 70.4 Å². The van der Waals surface area contributed by atoms with Crippen LogP contribution < -0.4 is 15.5 Å². The Morgan fingerprint density at radius 3 is 2.31 bits per heavy atom. The Kier molecular flexibility index (Phi) is 6.45. The van der Waals surface area contributed by atoms with Crippen LogP contribution in [0.15, 0.2) is 29.3 Å². The predicted molar refractivity (Wildman–Crippen MR) is 119 cm³/mol. The summed E-state index contributed by atoms with van der Waals surface area (Å²) in [5, 5.41) is 15.2. The van der Waals surface area contributed by atoms with Crippen LogP contribution in [0.2, 0.25) is 0 Å². The first-order valence-electron chi connectivity index (χ1n) is 10.5. The monoisotopic (exact) mass is 397 g/mol. The molecular weight excluding hydrogens is 362 g/mol. The van der Waals surface area contributed by atoms with Gasteiger partial charge in [-0.1, -0.05) is 32.9 Å². The molecule has 1 aromatic heterocycles. The second kappa shape index (κ2) is 8.84. The van der Waals surface area contributed by atoms with E-state index in [-0.39, 0.29) is 5.41 Å². The molecule has 1 fully saturated rings. The first-order chi connectivity index (χ1) is 13.8. The number of aromatic nitrogens is 3. The second-order valence-corrected chi connectivity index (χ2v) is 8.85. The number of piperidine rings is 1. The maximum Gasteiger partial charge on any atom is 0.191 e. The van der Waals surface area contributed by atoms with Gasteiger partial charge in [0, 0.05) is 38.9 Å². The Morgan fingerprint density at radius 1 is 1.14 bits per heavy atom. The summed E-state index contributed by atoms with van der Waals surface area (Å²) in [5.74, 6) is 2.63. The zero-order valence-electron chi connectivity index (χ0n) is 18.7.